The van der Waals surface area contributed by atoms with Crippen molar-refractivity contribution in [2.75, 3.05) is 36.1 Å². The fourth-order valence-electron chi connectivity index (χ4n) is 3.86. The van der Waals surface area contributed by atoms with Crippen molar-refractivity contribution in [1.29, 1.82) is 0 Å². The molecular weight excluding hydrogens is 478 g/mol. The number of nitrogens with one attached hydrogen (secondary N) is 1. The summed E-state index contributed by atoms with van der Waals surface area (Å²) in [7, 11) is 0. The van der Waals surface area contributed by atoms with Gasteiger partial charge in [-0.05, 0) is 54.7 Å². The molecule has 2 fully saturated rings. The first-order chi connectivity index (χ1) is 16.4. The zero-order valence-corrected chi connectivity index (χ0v) is 19.3. The van der Waals surface area contributed by atoms with Crippen LogP contribution in [-0.4, -0.2) is 52.6 Å². The predicted octanol–water partition coefficient (Wildman–Crippen LogP) is 2.02. The summed E-state index contributed by atoms with van der Waals surface area (Å²) in [6.07, 6.45) is 2.88. The topological polar surface area (TPSA) is 96.2 Å². The molecule has 1 aromatic carbocycles. The lowest BCUT2D eigenvalue weighted by Gasteiger charge is -2.30. The number of amides is 2. The minimum Gasteiger partial charge on any atom is -0.378 e. The minimum absolute atomic E-state index is 0.0590. The first-order valence-corrected chi connectivity index (χ1v) is 11.2. The molecule has 1 N–H and O–H groups in total. The molecule has 2 amide bonds. The van der Waals surface area contributed by atoms with E-state index in [-0.39, 0.29) is 16.2 Å². The largest absolute Gasteiger partial charge is 0.378 e. The number of morpholine rings is 1. The second kappa shape index (κ2) is 8.98. The average Bonchev–Trinajstić information content (AvgIpc) is 2.84. The van der Waals surface area contributed by atoms with Gasteiger partial charge in [-0.15, -0.1) is 0 Å². The Balaban J connectivity index is 1.66. The lowest BCUT2D eigenvalue weighted by molar-refractivity contribution is -0.122. The summed E-state index contributed by atoms with van der Waals surface area (Å²) in [4.78, 5) is 47.5. The number of thiocarbonyl (C=S) groups is 1. The van der Waals surface area contributed by atoms with E-state index in [0.29, 0.717) is 48.5 Å². The smallest absolute Gasteiger partial charge is 0.270 e. The Morgan fingerprint density at radius 2 is 1.79 bits per heavy atom. The van der Waals surface area contributed by atoms with Gasteiger partial charge in [0.2, 0.25) is 0 Å². The number of carbonyl (C=O) groups is 2. The number of ether oxygens (including phenoxy) is 1. The highest BCUT2D eigenvalue weighted by Crippen LogP contribution is 2.25. The van der Waals surface area contributed by atoms with Gasteiger partial charge in [0.1, 0.15) is 17.0 Å². The molecule has 34 heavy (non-hydrogen) atoms. The molecule has 2 aliphatic rings. The Hall–Kier alpha value is -3.60. The van der Waals surface area contributed by atoms with Gasteiger partial charge < -0.3 is 9.64 Å². The Morgan fingerprint density at radius 3 is 2.53 bits per heavy atom. The van der Waals surface area contributed by atoms with E-state index >= 15 is 0 Å². The van der Waals surface area contributed by atoms with Crippen LogP contribution in [-0.2, 0) is 14.3 Å². The van der Waals surface area contributed by atoms with E-state index < -0.39 is 17.4 Å². The molecule has 2 aromatic heterocycles. The SMILES string of the molecule is O=C1NC(=S)N(c2ccc(Cl)cc2)C(=O)/C1=C\c1c(N2CCOCC2)nc2ccccn2c1=O. The molecule has 0 unspecified atom stereocenters. The molecule has 11 heteroatoms. The Labute approximate surface area is 204 Å². The molecule has 2 saturated heterocycles. The van der Waals surface area contributed by atoms with Crippen molar-refractivity contribution in [3.8, 4) is 0 Å². The van der Waals surface area contributed by atoms with E-state index in [2.05, 4.69) is 10.3 Å². The van der Waals surface area contributed by atoms with Crippen LogP contribution in [0.4, 0.5) is 11.5 Å². The summed E-state index contributed by atoms with van der Waals surface area (Å²) < 4.78 is 6.81. The molecule has 0 spiro atoms. The van der Waals surface area contributed by atoms with Gasteiger partial charge in [-0.3, -0.25) is 29.0 Å². The highest BCUT2D eigenvalue weighted by Gasteiger charge is 2.35. The average molecular weight is 496 g/mol. The van der Waals surface area contributed by atoms with Gasteiger partial charge in [0, 0.05) is 24.3 Å². The molecule has 3 aromatic rings. The second-order valence-corrected chi connectivity index (χ2v) is 8.44. The number of fused-ring (bicyclic) bond motifs is 1. The number of halogens is 1. The van der Waals surface area contributed by atoms with Gasteiger partial charge >= 0.3 is 0 Å². The fraction of sp³-hybridized carbons (Fsp3) is 0.174. The first-order valence-electron chi connectivity index (χ1n) is 10.4. The van der Waals surface area contributed by atoms with Crippen LogP contribution in [0.15, 0.2) is 59.0 Å². The van der Waals surface area contributed by atoms with Crippen molar-refractivity contribution in [3.05, 3.63) is 75.2 Å². The highest BCUT2D eigenvalue weighted by molar-refractivity contribution is 7.80. The second-order valence-electron chi connectivity index (χ2n) is 7.62. The number of benzene rings is 1. The first kappa shape index (κ1) is 22.2. The maximum Gasteiger partial charge on any atom is 0.270 e. The van der Waals surface area contributed by atoms with E-state index in [0.717, 1.165) is 0 Å². The van der Waals surface area contributed by atoms with Crippen LogP contribution in [0, 0.1) is 0 Å². The molecule has 5 rings (SSSR count). The van der Waals surface area contributed by atoms with Crippen molar-refractivity contribution >= 4 is 64.0 Å². The molecule has 0 aliphatic carbocycles. The zero-order valence-electron chi connectivity index (χ0n) is 17.7. The maximum absolute atomic E-state index is 13.5. The monoisotopic (exact) mass is 495 g/mol. The van der Waals surface area contributed by atoms with Gasteiger partial charge in [0.05, 0.1) is 24.5 Å². The van der Waals surface area contributed by atoms with Crippen LogP contribution in [0.5, 0.6) is 0 Å². The van der Waals surface area contributed by atoms with E-state index in [1.165, 1.54) is 15.4 Å². The third-order valence-electron chi connectivity index (χ3n) is 5.53. The maximum atomic E-state index is 13.5. The Morgan fingerprint density at radius 1 is 1.06 bits per heavy atom. The number of hydrogen-bond acceptors (Lipinski definition) is 7. The van der Waals surface area contributed by atoms with Crippen LogP contribution in [0.3, 0.4) is 0 Å². The van der Waals surface area contributed by atoms with Crippen molar-refractivity contribution in [2.24, 2.45) is 0 Å². The minimum atomic E-state index is -0.689. The van der Waals surface area contributed by atoms with Crippen LogP contribution in [0.25, 0.3) is 11.7 Å². The molecule has 0 atom stereocenters. The number of rotatable bonds is 3. The summed E-state index contributed by atoms with van der Waals surface area (Å²) in [6, 6.07) is 11.7. The third kappa shape index (κ3) is 3.96. The van der Waals surface area contributed by atoms with Crippen LogP contribution in [0.1, 0.15) is 5.56 Å². The van der Waals surface area contributed by atoms with Crippen LogP contribution >= 0.6 is 23.8 Å². The summed E-state index contributed by atoms with van der Waals surface area (Å²) in [5, 5.41) is 2.96. The van der Waals surface area contributed by atoms with Gasteiger partial charge in [-0.2, -0.15) is 0 Å². The van der Waals surface area contributed by atoms with Crippen LogP contribution in [0.2, 0.25) is 5.02 Å². The molecule has 0 saturated carbocycles. The van der Waals surface area contributed by atoms with E-state index in [1.54, 1.807) is 48.7 Å². The molecule has 4 heterocycles. The van der Waals surface area contributed by atoms with E-state index in [4.69, 9.17) is 28.6 Å². The molecule has 2 aliphatic heterocycles. The highest BCUT2D eigenvalue weighted by atomic mass is 35.5. The Bertz CT molecular complexity index is 1410. The molecule has 0 radical (unpaired) electrons. The number of nitrogens with zero attached hydrogens (tertiary/aromatic N) is 4. The third-order valence-corrected chi connectivity index (χ3v) is 6.07. The Kier molecular flexibility index (Phi) is 5.86. The predicted molar refractivity (Wildman–Crippen MR) is 132 cm³/mol. The molecule has 9 nitrogen and oxygen atoms in total. The number of anilines is 2. The van der Waals surface area contributed by atoms with Gasteiger partial charge in [0.15, 0.2) is 5.11 Å². The number of pyridine rings is 1. The molecule has 172 valence electrons. The zero-order chi connectivity index (χ0) is 23.8. The van der Waals surface area contributed by atoms with Crippen molar-refractivity contribution in [2.45, 2.75) is 0 Å². The lowest BCUT2D eigenvalue weighted by atomic mass is 10.1. The van der Waals surface area contributed by atoms with Crippen molar-refractivity contribution in [1.82, 2.24) is 14.7 Å². The summed E-state index contributed by atoms with van der Waals surface area (Å²) in [6.45, 7) is 1.99. The van der Waals surface area contributed by atoms with Crippen LogP contribution < -0.4 is 20.7 Å². The van der Waals surface area contributed by atoms with Crippen molar-refractivity contribution < 1.29 is 14.3 Å². The number of aromatic nitrogens is 2. The molecule has 0 bridgehead atoms. The standard InChI is InChI=1S/C23H18ClN5O4S/c24-14-4-6-15(7-5-14)29-22(32)17(20(30)26-23(29)34)13-16-19(27-9-11-33-12-10-27)25-18-3-1-2-8-28(18)21(16)31/h1-8,13H,9-12H2,(H,26,30,34)/b17-13-. The van der Waals surface area contributed by atoms with E-state index in [1.807, 2.05) is 4.90 Å². The quantitative estimate of drug-likeness (QED) is 0.337. The lowest BCUT2D eigenvalue weighted by Crippen LogP contribution is -2.54. The summed E-state index contributed by atoms with van der Waals surface area (Å²) in [5.41, 5.74) is 0.402. The van der Waals surface area contributed by atoms with E-state index in [9.17, 15) is 14.4 Å². The van der Waals surface area contributed by atoms with Gasteiger partial charge in [-0.25, -0.2) is 4.98 Å². The van der Waals surface area contributed by atoms with Gasteiger partial charge in [0.25, 0.3) is 17.4 Å². The normalized spacial score (nSPS) is 18.0. The number of carbonyl (C=O) groups excluding carboxylic acids is 2. The number of hydrogen-bond donors (Lipinski definition) is 1. The molecular formula is C23H18ClN5O4S. The summed E-state index contributed by atoms with van der Waals surface area (Å²) >= 11 is 11.2. The van der Waals surface area contributed by atoms with Crippen molar-refractivity contribution in [3.63, 3.8) is 0 Å². The summed E-state index contributed by atoms with van der Waals surface area (Å²) in [5.74, 6) is -0.953. The van der Waals surface area contributed by atoms with Gasteiger partial charge in [-0.1, -0.05) is 17.7 Å². The fourth-order valence-corrected chi connectivity index (χ4v) is 4.27.